The first kappa shape index (κ1) is 21.5. The predicted octanol–water partition coefficient (Wildman–Crippen LogP) is 5.57. The average Bonchev–Trinajstić information content (AvgIpc) is 3.09. The maximum Gasteiger partial charge on any atom is 0.416 e. The molecule has 0 spiro atoms. The average molecular weight is 442 g/mol. The Morgan fingerprint density at radius 3 is 2.52 bits per heavy atom. The molecule has 3 rings (SSSR count). The lowest BCUT2D eigenvalue weighted by Crippen LogP contribution is -2.33. The van der Waals surface area contributed by atoms with E-state index >= 15 is 0 Å². The third-order valence-electron chi connectivity index (χ3n) is 4.26. The molecule has 0 atom stereocenters. The second kappa shape index (κ2) is 8.69. The highest BCUT2D eigenvalue weighted by molar-refractivity contribution is 7.22. The van der Waals surface area contributed by atoms with Crippen LogP contribution in [0.1, 0.15) is 22.3 Å². The molecule has 1 amide bonds. The molecule has 0 unspecified atom stereocenters. The summed E-state index contributed by atoms with van der Waals surface area (Å²) in [5.41, 5.74) is -0.317. The summed E-state index contributed by atoms with van der Waals surface area (Å²) < 4.78 is 40.0. The van der Waals surface area contributed by atoms with Crippen LogP contribution in [0, 0.1) is 0 Å². The van der Waals surface area contributed by atoms with E-state index in [-0.39, 0.29) is 5.56 Å². The number of thiazole rings is 1. The van der Waals surface area contributed by atoms with Gasteiger partial charge in [-0.2, -0.15) is 13.2 Å². The molecule has 0 aliphatic rings. The van der Waals surface area contributed by atoms with Crippen molar-refractivity contribution in [2.45, 2.75) is 12.6 Å². The standard InChI is InChI=1S/C20H19ClF3N3OS/c1-26(2)10-5-11-27(19-25-17-15(21)8-4-9-16(17)29-19)18(28)13-6-3-7-14(12-13)20(22,23)24/h3-4,6-9,12H,5,10-11H2,1-2H3. The lowest BCUT2D eigenvalue weighted by atomic mass is 10.1. The molecule has 0 N–H and O–H groups in total. The highest BCUT2D eigenvalue weighted by atomic mass is 35.5. The van der Waals surface area contributed by atoms with Gasteiger partial charge in [0.25, 0.3) is 5.91 Å². The van der Waals surface area contributed by atoms with Crippen molar-refractivity contribution in [1.29, 1.82) is 0 Å². The Morgan fingerprint density at radius 1 is 1.14 bits per heavy atom. The van der Waals surface area contributed by atoms with Crippen LogP contribution in [-0.4, -0.2) is 43.0 Å². The summed E-state index contributed by atoms with van der Waals surface area (Å²) in [7, 11) is 3.83. The zero-order valence-electron chi connectivity index (χ0n) is 15.8. The predicted molar refractivity (Wildman–Crippen MR) is 111 cm³/mol. The summed E-state index contributed by atoms with van der Waals surface area (Å²) in [6, 6.07) is 9.79. The van der Waals surface area contributed by atoms with Gasteiger partial charge in [-0.05, 0) is 57.4 Å². The molecular weight excluding hydrogens is 423 g/mol. The lowest BCUT2D eigenvalue weighted by molar-refractivity contribution is -0.137. The molecule has 0 aliphatic heterocycles. The molecule has 1 aromatic heterocycles. The Morgan fingerprint density at radius 2 is 1.86 bits per heavy atom. The normalized spacial score (nSPS) is 12.0. The van der Waals surface area contributed by atoms with E-state index < -0.39 is 17.6 Å². The first-order valence-electron chi connectivity index (χ1n) is 8.85. The number of halogens is 4. The second-order valence-electron chi connectivity index (χ2n) is 6.78. The van der Waals surface area contributed by atoms with Crippen molar-refractivity contribution >= 4 is 44.2 Å². The molecule has 9 heteroatoms. The van der Waals surface area contributed by atoms with Crippen LogP contribution in [0.2, 0.25) is 5.02 Å². The van der Waals surface area contributed by atoms with Crippen molar-refractivity contribution in [2.24, 2.45) is 0 Å². The van der Waals surface area contributed by atoms with Crippen molar-refractivity contribution in [3.8, 4) is 0 Å². The van der Waals surface area contributed by atoms with Crippen LogP contribution in [0.15, 0.2) is 42.5 Å². The molecular formula is C20H19ClF3N3OS. The summed E-state index contributed by atoms with van der Waals surface area (Å²) in [5, 5.41) is 0.874. The van der Waals surface area contributed by atoms with E-state index in [1.54, 1.807) is 12.1 Å². The van der Waals surface area contributed by atoms with Gasteiger partial charge in [0.2, 0.25) is 0 Å². The van der Waals surface area contributed by atoms with E-state index in [1.165, 1.54) is 28.4 Å². The van der Waals surface area contributed by atoms with Crippen molar-refractivity contribution < 1.29 is 18.0 Å². The molecule has 0 fully saturated rings. The van der Waals surface area contributed by atoms with E-state index in [0.717, 1.165) is 23.4 Å². The number of aromatic nitrogens is 1. The Bertz CT molecular complexity index is 1020. The van der Waals surface area contributed by atoms with Gasteiger partial charge in [-0.3, -0.25) is 9.69 Å². The van der Waals surface area contributed by atoms with E-state index in [4.69, 9.17) is 11.6 Å². The number of para-hydroxylation sites is 1. The quantitative estimate of drug-likeness (QED) is 0.502. The summed E-state index contributed by atoms with van der Waals surface area (Å²) >= 11 is 7.48. The van der Waals surface area contributed by atoms with Gasteiger partial charge in [-0.15, -0.1) is 0 Å². The number of fused-ring (bicyclic) bond motifs is 1. The topological polar surface area (TPSA) is 36.4 Å². The molecule has 154 valence electrons. The molecule has 1 heterocycles. The Labute approximate surface area is 175 Å². The zero-order valence-corrected chi connectivity index (χ0v) is 17.4. The van der Waals surface area contributed by atoms with Crippen LogP contribution in [0.3, 0.4) is 0 Å². The third-order valence-corrected chi connectivity index (χ3v) is 5.61. The summed E-state index contributed by atoms with van der Waals surface area (Å²) in [6.45, 7) is 1.04. The van der Waals surface area contributed by atoms with Crippen LogP contribution >= 0.6 is 22.9 Å². The number of carbonyl (C=O) groups excluding carboxylic acids is 1. The first-order chi connectivity index (χ1) is 13.7. The zero-order chi connectivity index (χ0) is 21.2. The fraction of sp³-hybridized carbons (Fsp3) is 0.300. The van der Waals surface area contributed by atoms with Gasteiger partial charge in [-0.25, -0.2) is 4.98 Å². The van der Waals surface area contributed by atoms with Gasteiger partial charge in [0.05, 0.1) is 15.3 Å². The van der Waals surface area contributed by atoms with Crippen LogP contribution < -0.4 is 4.90 Å². The van der Waals surface area contributed by atoms with Crippen molar-refractivity contribution in [2.75, 3.05) is 32.1 Å². The molecule has 29 heavy (non-hydrogen) atoms. The number of benzene rings is 2. The third kappa shape index (κ3) is 5.07. The fourth-order valence-electron chi connectivity index (χ4n) is 2.83. The molecule has 0 aliphatic carbocycles. The van der Waals surface area contributed by atoms with Gasteiger partial charge in [0, 0.05) is 12.1 Å². The minimum Gasteiger partial charge on any atom is -0.309 e. The van der Waals surface area contributed by atoms with E-state index in [1.807, 2.05) is 25.1 Å². The monoisotopic (exact) mass is 441 g/mol. The van der Waals surface area contributed by atoms with Crippen LogP contribution in [0.4, 0.5) is 18.3 Å². The van der Waals surface area contributed by atoms with Crippen molar-refractivity contribution in [3.63, 3.8) is 0 Å². The minimum atomic E-state index is -4.52. The second-order valence-corrected chi connectivity index (χ2v) is 8.19. The van der Waals surface area contributed by atoms with Crippen LogP contribution in [0.5, 0.6) is 0 Å². The number of rotatable bonds is 6. The van der Waals surface area contributed by atoms with Gasteiger partial charge in [0.1, 0.15) is 5.52 Å². The number of alkyl halides is 3. The lowest BCUT2D eigenvalue weighted by Gasteiger charge is -2.21. The van der Waals surface area contributed by atoms with E-state index in [9.17, 15) is 18.0 Å². The fourth-order valence-corrected chi connectivity index (χ4v) is 4.12. The van der Waals surface area contributed by atoms with E-state index in [2.05, 4.69) is 4.98 Å². The Balaban J connectivity index is 1.98. The van der Waals surface area contributed by atoms with Crippen LogP contribution in [-0.2, 0) is 6.18 Å². The number of hydrogen-bond acceptors (Lipinski definition) is 4. The number of hydrogen-bond donors (Lipinski definition) is 0. The molecule has 0 saturated heterocycles. The van der Waals surface area contributed by atoms with E-state index in [0.29, 0.717) is 28.6 Å². The molecule has 2 aromatic carbocycles. The highest BCUT2D eigenvalue weighted by Gasteiger charge is 2.31. The molecule has 4 nitrogen and oxygen atoms in total. The maximum atomic E-state index is 13.1. The molecule has 3 aromatic rings. The number of carbonyl (C=O) groups is 1. The number of anilines is 1. The number of nitrogens with zero attached hydrogens (tertiary/aromatic N) is 3. The maximum absolute atomic E-state index is 13.1. The SMILES string of the molecule is CN(C)CCCN(C(=O)c1cccc(C(F)(F)F)c1)c1nc2c(Cl)cccc2s1. The van der Waals surface area contributed by atoms with Crippen molar-refractivity contribution in [1.82, 2.24) is 9.88 Å². The molecule has 0 radical (unpaired) electrons. The minimum absolute atomic E-state index is 0.0324. The van der Waals surface area contributed by atoms with Gasteiger partial charge >= 0.3 is 6.18 Å². The van der Waals surface area contributed by atoms with Gasteiger partial charge < -0.3 is 4.90 Å². The smallest absolute Gasteiger partial charge is 0.309 e. The van der Waals surface area contributed by atoms with Crippen molar-refractivity contribution in [3.05, 3.63) is 58.6 Å². The summed E-state index contributed by atoms with van der Waals surface area (Å²) in [4.78, 5) is 21.0. The van der Waals surface area contributed by atoms with Gasteiger partial charge in [-0.1, -0.05) is 35.1 Å². The summed E-state index contributed by atoms with van der Waals surface area (Å²) in [6.07, 6.45) is -3.88. The Hall–Kier alpha value is -2.16. The van der Waals surface area contributed by atoms with Gasteiger partial charge in [0.15, 0.2) is 5.13 Å². The first-order valence-corrected chi connectivity index (χ1v) is 10.0. The molecule has 0 saturated carbocycles. The highest BCUT2D eigenvalue weighted by Crippen LogP contribution is 2.34. The number of amides is 1. The van der Waals surface area contributed by atoms with Crippen LogP contribution in [0.25, 0.3) is 10.2 Å². The Kier molecular flexibility index (Phi) is 6.45. The molecule has 0 bridgehead atoms. The summed E-state index contributed by atoms with van der Waals surface area (Å²) in [5.74, 6) is -0.523. The largest absolute Gasteiger partial charge is 0.416 e.